The van der Waals surface area contributed by atoms with E-state index < -0.39 is 0 Å². The summed E-state index contributed by atoms with van der Waals surface area (Å²) in [5, 5.41) is 1.25. The third-order valence-electron chi connectivity index (χ3n) is 4.34. The molecule has 0 aromatic carbocycles. The number of thiophene rings is 1. The van der Waals surface area contributed by atoms with Gasteiger partial charge in [-0.05, 0) is 51.6 Å². The molecule has 108 valence electrons. The van der Waals surface area contributed by atoms with Crippen LogP contribution < -0.4 is 10.6 Å². The molecule has 1 fully saturated rings. The van der Waals surface area contributed by atoms with Crippen LogP contribution in [-0.2, 0) is 0 Å². The van der Waals surface area contributed by atoms with E-state index in [4.69, 9.17) is 5.73 Å². The summed E-state index contributed by atoms with van der Waals surface area (Å²) < 4.78 is 0. The summed E-state index contributed by atoms with van der Waals surface area (Å²) in [6.45, 7) is 6.09. The van der Waals surface area contributed by atoms with Crippen LogP contribution in [-0.4, -0.2) is 29.1 Å². The molecule has 2 heterocycles. The molecule has 2 aromatic rings. The lowest BCUT2D eigenvalue weighted by atomic mass is 9.91. The highest BCUT2D eigenvalue weighted by molar-refractivity contribution is 7.18. The second-order valence-corrected chi connectivity index (χ2v) is 6.78. The number of nitrogens with two attached hydrogens (primary N) is 1. The highest BCUT2D eigenvalue weighted by Gasteiger charge is 2.27. The average Bonchev–Trinajstić information content (AvgIpc) is 2.68. The van der Waals surface area contributed by atoms with Crippen molar-refractivity contribution >= 4 is 27.4 Å². The summed E-state index contributed by atoms with van der Waals surface area (Å²) in [5.41, 5.74) is 7.03. The number of hydrogen-bond donors (Lipinski definition) is 1. The minimum absolute atomic E-state index is 0.638. The molecule has 5 heteroatoms. The average molecular weight is 290 g/mol. The largest absolute Gasteiger partial charge is 0.353 e. The van der Waals surface area contributed by atoms with Gasteiger partial charge >= 0.3 is 0 Å². The van der Waals surface area contributed by atoms with Gasteiger partial charge in [-0.25, -0.2) is 9.97 Å². The van der Waals surface area contributed by atoms with Gasteiger partial charge in [-0.2, -0.15) is 0 Å². The molecule has 0 atom stereocenters. The van der Waals surface area contributed by atoms with E-state index in [1.54, 1.807) is 17.7 Å². The first-order chi connectivity index (χ1) is 9.72. The first kappa shape index (κ1) is 13.8. The minimum atomic E-state index is 0.638. The maximum absolute atomic E-state index is 5.70. The molecule has 0 amide bonds. The van der Waals surface area contributed by atoms with Gasteiger partial charge in [0.2, 0.25) is 0 Å². The molecule has 0 spiro atoms. The Morgan fingerprint density at radius 1 is 1.35 bits per heavy atom. The Kier molecular flexibility index (Phi) is 3.89. The zero-order chi connectivity index (χ0) is 14.1. The normalized spacial score (nSPS) is 15.6. The zero-order valence-electron chi connectivity index (χ0n) is 12.2. The lowest BCUT2D eigenvalue weighted by molar-refractivity contribution is 0.383. The Balaban J connectivity index is 2.05. The number of aryl methyl sites for hydroxylation is 2. The maximum Gasteiger partial charge on any atom is 0.141 e. The summed E-state index contributed by atoms with van der Waals surface area (Å²) in [6.07, 6.45) is 6.61. The van der Waals surface area contributed by atoms with Gasteiger partial charge in [0.1, 0.15) is 17.0 Å². The molecule has 0 aliphatic heterocycles. The van der Waals surface area contributed by atoms with E-state index in [1.807, 2.05) is 0 Å². The van der Waals surface area contributed by atoms with Crippen LogP contribution in [0.2, 0.25) is 0 Å². The van der Waals surface area contributed by atoms with Crippen LogP contribution in [0.4, 0.5) is 5.82 Å². The lowest BCUT2D eigenvalue weighted by Crippen LogP contribution is -2.42. The summed E-state index contributed by atoms with van der Waals surface area (Å²) in [4.78, 5) is 14.0. The van der Waals surface area contributed by atoms with Gasteiger partial charge in [0.05, 0.1) is 5.39 Å². The summed E-state index contributed by atoms with van der Waals surface area (Å²) in [7, 11) is 0. The predicted molar refractivity (Wildman–Crippen MR) is 85.5 cm³/mol. The second-order valence-electron chi connectivity index (χ2n) is 5.58. The molecule has 4 nitrogen and oxygen atoms in total. The monoisotopic (exact) mass is 290 g/mol. The summed E-state index contributed by atoms with van der Waals surface area (Å²) in [5.74, 6) is 1.12. The van der Waals surface area contributed by atoms with Crippen LogP contribution in [0.1, 0.15) is 36.1 Å². The van der Waals surface area contributed by atoms with E-state index in [9.17, 15) is 0 Å². The van der Waals surface area contributed by atoms with E-state index in [0.717, 1.165) is 30.2 Å². The maximum atomic E-state index is 5.70. The van der Waals surface area contributed by atoms with Crippen LogP contribution in [0.5, 0.6) is 0 Å². The highest BCUT2D eigenvalue weighted by Crippen LogP contribution is 2.37. The van der Waals surface area contributed by atoms with Gasteiger partial charge in [0.15, 0.2) is 0 Å². The van der Waals surface area contributed by atoms with E-state index in [2.05, 4.69) is 28.7 Å². The summed E-state index contributed by atoms with van der Waals surface area (Å²) in [6, 6.07) is 0.638. The summed E-state index contributed by atoms with van der Waals surface area (Å²) >= 11 is 1.77. The second kappa shape index (κ2) is 5.66. The van der Waals surface area contributed by atoms with E-state index in [0.29, 0.717) is 6.04 Å². The minimum Gasteiger partial charge on any atom is -0.353 e. The zero-order valence-corrected chi connectivity index (χ0v) is 13.0. The molecule has 0 saturated heterocycles. The van der Waals surface area contributed by atoms with Gasteiger partial charge in [-0.1, -0.05) is 0 Å². The first-order valence-electron chi connectivity index (χ1n) is 7.39. The van der Waals surface area contributed by atoms with Crippen molar-refractivity contribution in [2.24, 2.45) is 5.73 Å². The number of nitrogens with zero attached hydrogens (tertiary/aromatic N) is 3. The van der Waals surface area contributed by atoms with Crippen molar-refractivity contribution < 1.29 is 0 Å². The molecule has 2 aromatic heterocycles. The molecule has 1 aliphatic rings. The Labute approximate surface area is 124 Å². The first-order valence-corrected chi connectivity index (χ1v) is 8.21. The van der Waals surface area contributed by atoms with Crippen LogP contribution >= 0.6 is 11.3 Å². The number of fused-ring (bicyclic) bond motifs is 1. The van der Waals surface area contributed by atoms with Gasteiger partial charge in [-0.15, -0.1) is 11.3 Å². The third-order valence-corrected chi connectivity index (χ3v) is 5.45. The Morgan fingerprint density at radius 3 is 2.80 bits per heavy atom. The van der Waals surface area contributed by atoms with Gasteiger partial charge in [-0.3, -0.25) is 0 Å². The molecular formula is C15H22N4S. The van der Waals surface area contributed by atoms with Crippen LogP contribution in [0.3, 0.4) is 0 Å². The molecule has 0 radical (unpaired) electrons. The predicted octanol–water partition coefficient (Wildman–Crippen LogP) is 3.02. The standard InChI is InChI=1S/C15H22N4S/c1-10-11(2)20-15-13(10)14(17-9-18-15)19(8-4-7-16)12-5-3-6-12/h9,12H,3-8,16H2,1-2H3. The van der Waals surface area contributed by atoms with Crippen molar-refractivity contribution in [2.45, 2.75) is 45.6 Å². The number of rotatable bonds is 5. The van der Waals surface area contributed by atoms with Crippen LogP contribution in [0, 0.1) is 13.8 Å². The van der Waals surface area contributed by atoms with Crippen molar-refractivity contribution in [2.75, 3.05) is 18.0 Å². The highest BCUT2D eigenvalue weighted by atomic mass is 32.1. The fraction of sp³-hybridized carbons (Fsp3) is 0.600. The van der Waals surface area contributed by atoms with Gasteiger partial charge in [0.25, 0.3) is 0 Å². The fourth-order valence-corrected chi connectivity index (χ4v) is 3.79. The lowest BCUT2D eigenvalue weighted by Gasteiger charge is -2.38. The third kappa shape index (κ3) is 2.29. The Bertz CT molecular complexity index is 603. The smallest absolute Gasteiger partial charge is 0.141 e. The molecule has 1 aliphatic carbocycles. The molecule has 2 N–H and O–H groups in total. The van der Waals surface area contributed by atoms with E-state index >= 15 is 0 Å². The number of hydrogen-bond acceptors (Lipinski definition) is 5. The van der Waals surface area contributed by atoms with Crippen molar-refractivity contribution in [1.82, 2.24) is 9.97 Å². The number of anilines is 1. The van der Waals surface area contributed by atoms with Gasteiger partial charge < -0.3 is 10.6 Å². The topological polar surface area (TPSA) is 55.0 Å². The molecule has 20 heavy (non-hydrogen) atoms. The van der Waals surface area contributed by atoms with Crippen molar-refractivity contribution in [1.29, 1.82) is 0 Å². The van der Waals surface area contributed by atoms with E-state index in [-0.39, 0.29) is 0 Å². The molecular weight excluding hydrogens is 268 g/mol. The van der Waals surface area contributed by atoms with Gasteiger partial charge in [0, 0.05) is 17.5 Å². The fourth-order valence-electron chi connectivity index (χ4n) is 2.80. The van der Waals surface area contributed by atoms with Crippen molar-refractivity contribution in [3.63, 3.8) is 0 Å². The van der Waals surface area contributed by atoms with Crippen molar-refractivity contribution in [3.05, 3.63) is 16.8 Å². The Hall–Kier alpha value is -1.20. The molecule has 0 unspecified atom stereocenters. The molecule has 3 rings (SSSR count). The Morgan fingerprint density at radius 2 is 2.15 bits per heavy atom. The molecule has 1 saturated carbocycles. The van der Waals surface area contributed by atoms with Crippen LogP contribution in [0.15, 0.2) is 6.33 Å². The van der Waals surface area contributed by atoms with E-state index in [1.165, 1.54) is 35.1 Å². The molecule has 0 bridgehead atoms. The van der Waals surface area contributed by atoms with Crippen molar-refractivity contribution in [3.8, 4) is 0 Å². The van der Waals surface area contributed by atoms with Crippen LogP contribution in [0.25, 0.3) is 10.2 Å². The number of aromatic nitrogens is 2. The SMILES string of the molecule is Cc1sc2ncnc(N(CCCN)C3CCC3)c2c1C. The quantitative estimate of drug-likeness (QED) is 0.919.